The Morgan fingerprint density at radius 3 is 2.67 bits per heavy atom. The van der Waals surface area contributed by atoms with E-state index in [9.17, 15) is 5.11 Å². The van der Waals surface area contributed by atoms with Gasteiger partial charge >= 0.3 is 0 Å². The molecule has 0 saturated heterocycles. The van der Waals surface area contributed by atoms with Crippen LogP contribution in [-0.2, 0) is 0 Å². The summed E-state index contributed by atoms with van der Waals surface area (Å²) in [5.41, 5.74) is 8.48. The third-order valence-electron chi connectivity index (χ3n) is 8.10. The van der Waals surface area contributed by atoms with E-state index in [0.717, 1.165) is 30.6 Å². The highest BCUT2D eigenvalue weighted by atomic mass is 16.3. The zero-order valence-electron chi connectivity index (χ0n) is 13.6. The molecule has 0 aromatic heterocycles. The van der Waals surface area contributed by atoms with E-state index in [1.807, 2.05) is 0 Å². The van der Waals surface area contributed by atoms with Crippen molar-refractivity contribution in [3.63, 3.8) is 0 Å². The van der Waals surface area contributed by atoms with E-state index in [2.05, 4.69) is 19.9 Å². The van der Waals surface area contributed by atoms with Crippen LogP contribution in [0.5, 0.6) is 0 Å². The molecule has 3 saturated carbocycles. The molecule has 3 N–H and O–H groups in total. The number of fused-ring (bicyclic) bond motifs is 5. The van der Waals surface area contributed by atoms with Crippen LogP contribution in [0.15, 0.2) is 11.6 Å². The van der Waals surface area contributed by atoms with Crippen LogP contribution in [-0.4, -0.2) is 17.3 Å². The number of aliphatic hydroxyl groups excluding tert-OH is 1. The van der Waals surface area contributed by atoms with Crippen LogP contribution in [0.1, 0.15) is 65.2 Å². The normalized spacial score (nSPS) is 56.2. The molecule has 3 fully saturated rings. The Morgan fingerprint density at radius 2 is 1.86 bits per heavy atom. The number of allylic oxidation sites excluding steroid dienone is 1. The smallest absolute Gasteiger partial charge is 0.0596 e. The monoisotopic (exact) mass is 289 g/mol. The van der Waals surface area contributed by atoms with Crippen LogP contribution in [0.2, 0.25) is 0 Å². The van der Waals surface area contributed by atoms with Crippen molar-refractivity contribution in [1.29, 1.82) is 0 Å². The summed E-state index contributed by atoms with van der Waals surface area (Å²) < 4.78 is 0. The van der Waals surface area contributed by atoms with Gasteiger partial charge in [-0.05, 0) is 80.0 Å². The lowest BCUT2D eigenvalue weighted by Gasteiger charge is -2.58. The van der Waals surface area contributed by atoms with E-state index >= 15 is 0 Å². The molecule has 2 nitrogen and oxygen atoms in total. The van der Waals surface area contributed by atoms with Gasteiger partial charge in [-0.2, -0.15) is 0 Å². The largest absolute Gasteiger partial charge is 0.393 e. The van der Waals surface area contributed by atoms with Gasteiger partial charge in [-0.25, -0.2) is 0 Å². The van der Waals surface area contributed by atoms with E-state index in [1.165, 1.54) is 38.5 Å². The third kappa shape index (κ3) is 1.84. The Morgan fingerprint density at radius 1 is 1.05 bits per heavy atom. The predicted octanol–water partition coefficient (Wildman–Crippen LogP) is 3.64. The van der Waals surface area contributed by atoms with Crippen molar-refractivity contribution in [2.45, 2.75) is 77.4 Å². The van der Waals surface area contributed by atoms with Crippen molar-refractivity contribution >= 4 is 0 Å². The summed E-state index contributed by atoms with van der Waals surface area (Å²) in [6, 6.07) is 0.298. The third-order valence-corrected chi connectivity index (χ3v) is 8.10. The van der Waals surface area contributed by atoms with E-state index in [0.29, 0.717) is 11.5 Å². The Labute approximate surface area is 129 Å². The van der Waals surface area contributed by atoms with Gasteiger partial charge in [0.1, 0.15) is 0 Å². The number of rotatable bonds is 0. The summed E-state index contributed by atoms with van der Waals surface area (Å²) in [5.74, 6) is 2.45. The highest BCUT2D eigenvalue weighted by Gasteiger charge is 2.58. The van der Waals surface area contributed by atoms with Crippen molar-refractivity contribution in [3.8, 4) is 0 Å². The Bertz CT molecular complexity index is 472. The molecule has 4 rings (SSSR count). The molecule has 2 heteroatoms. The van der Waals surface area contributed by atoms with Crippen molar-refractivity contribution in [2.24, 2.45) is 34.3 Å². The van der Waals surface area contributed by atoms with Gasteiger partial charge in [-0.1, -0.05) is 25.5 Å². The summed E-state index contributed by atoms with van der Waals surface area (Å²) in [4.78, 5) is 0. The second-order valence-corrected chi connectivity index (χ2v) is 8.87. The molecule has 0 aromatic rings. The molecule has 7 unspecified atom stereocenters. The van der Waals surface area contributed by atoms with Gasteiger partial charge in [0, 0.05) is 6.04 Å². The highest BCUT2D eigenvalue weighted by molar-refractivity contribution is 5.26. The Kier molecular flexibility index (Phi) is 3.11. The fourth-order valence-electron chi connectivity index (χ4n) is 6.73. The molecule has 7 atom stereocenters. The standard InChI is InChI=1S/C19H31NO/c1-18-9-7-13(20)11-12(18)3-4-14-15-5-6-17(21)19(15,2)10-8-16(14)18/h11,13-17,21H,3-10,20H2,1-2H3. The van der Waals surface area contributed by atoms with Gasteiger partial charge in [0.15, 0.2) is 0 Å². The molecule has 0 spiro atoms. The first-order valence-electron chi connectivity index (χ1n) is 9.10. The molecule has 21 heavy (non-hydrogen) atoms. The summed E-state index contributed by atoms with van der Waals surface area (Å²) in [6.45, 7) is 4.89. The highest BCUT2D eigenvalue weighted by Crippen LogP contribution is 2.65. The van der Waals surface area contributed by atoms with Crippen molar-refractivity contribution in [2.75, 3.05) is 0 Å². The Balaban J connectivity index is 1.67. The maximum Gasteiger partial charge on any atom is 0.0596 e. The number of hydrogen-bond acceptors (Lipinski definition) is 2. The van der Waals surface area contributed by atoms with Crippen LogP contribution >= 0.6 is 0 Å². The summed E-state index contributed by atoms with van der Waals surface area (Å²) >= 11 is 0. The van der Waals surface area contributed by atoms with Crippen LogP contribution in [0.4, 0.5) is 0 Å². The lowest BCUT2D eigenvalue weighted by molar-refractivity contribution is -0.0739. The summed E-state index contributed by atoms with van der Waals surface area (Å²) in [7, 11) is 0. The number of nitrogens with two attached hydrogens (primary N) is 1. The van der Waals surface area contributed by atoms with E-state index in [-0.39, 0.29) is 11.5 Å². The minimum Gasteiger partial charge on any atom is -0.393 e. The van der Waals surface area contributed by atoms with E-state index in [1.54, 1.807) is 5.57 Å². The van der Waals surface area contributed by atoms with Crippen LogP contribution < -0.4 is 5.73 Å². The fraction of sp³-hybridized carbons (Fsp3) is 0.895. The SMILES string of the molecule is CC12CCC(N)C=C1CCC1C2CCC2(C)C(O)CCC12. The zero-order chi connectivity index (χ0) is 14.8. The molecule has 0 bridgehead atoms. The summed E-state index contributed by atoms with van der Waals surface area (Å²) in [5, 5.41) is 10.5. The Hall–Kier alpha value is -0.340. The second-order valence-electron chi connectivity index (χ2n) is 8.87. The maximum absolute atomic E-state index is 10.5. The molecule has 0 amide bonds. The zero-order valence-corrected chi connectivity index (χ0v) is 13.6. The molecule has 0 aromatic carbocycles. The predicted molar refractivity (Wildman–Crippen MR) is 85.7 cm³/mol. The van der Waals surface area contributed by atoms with Crippen molar-refractivity contribution < 1.29 is 5.11 Å². The molecule has 0 heterocycles. The molecule has 118 valence electrons. The van der Waals surface area contributed by atoms with Gasteiger partial charge in [0.2, 0.25) is 0 Å². The average molecular weight is 289 g/mol. The lowest BCUT2D eigenvalue weighted by Crippen LogP contribution is -2.51. The van der Waals surface area contributed by atoms with E-state index < -0.39 is 0 Å². The van der Waals surface area contributed by atoms with Gasteiger partial charge in [0.25, 0.3) is 0 Å². The topological polar surface area (TPSA) is 46.2 Å². The second kappa shape index (κ2) is 4.58. The lowest BCUT2D eigenvalue weighted by atomic mass is 9.47. The fourth-order valence-corrected chi connectivity index (χ4v) is 6.73. The first kappa shape index (κ1) is 14.3. The molecule has 4 aliphatic carbocycles. The quantitative estimate of drug-likeness (QED) is 0.669. The first-order valence-corrected chi connectivity index (χ1v) is 9.10. The van der Waals surface area contributed by atoms with Crippen LogP contribution in [0.3, 0.4) is 0 Å². The minimum atomic E-state index is -0.0482. The molecule has 4 aliphatic rings. The first-order chi connectivity index (χ1) is 9.95. The van der Waals surface area contributed by atoms with Crippen molar-refractivity contribution in [1.82, 2.24) is 0 Å². The maximum atomic E-state index is 10.5. The van der Waals surface area contributed by atoms with Gasteiger partial charge in [-0.3, -0.25) is 0 Å². The van der Waals surface area contributed by atoms with Gasteiger partial charge in [-0.15, -0.1) is 0 Å². The molecular formula is C19H31NO. The molecule has 0 aliphatic heterocycles. The summed E-state index contributed by atoms with van der Waals surface area (Å²) in [6.07, 6.45) is 12.2. The van der Waals surface area contributed by atoms with Gasteiger partial charge in [0.05, 0.1) is 6.10 Å². The number of hydrogen-bond donors (Lipinski definition) is 2. The number of aliphatic hydroxyl groups is 1. The molecular weight excluding hydrogens is 258 g/mol. The van der Waals surface area contributed by atoms with Crippen LogP contribution in [0, 0.1) is 28.6 Å². The average Bonchev–Trinajstić information content (AvgIpc) is 2.76. The van der Waals surface area contributed by atoms with Crippen LogP contribution in [0.25, 0.3) is 0 Å². The minimum absolute atomic E-state index is 0.0482. The van der Waals surface area contributed by atoms with E-state index in [4.69, 9.17) is 5.73 Å². The molecule has 0 radical (unpaired) electrons. The van der Waals surface area contributed by atoms with Gasteiger partial charge < -0.3 is 10.8 Å². The van der Waals surface area contributed by atoms with Crippen molar-refractivity contribution in [3.05, 3.63) is 11.6 Å².